The van der Waals surface area contributed by atoms with Crippen molar-refractivity contribution in [3.8, 4) is 0 Å². The van der Waals surface area contributed by atoms with Crippen LogP contribution in [0.15, 0.2) is 18.2 Å². The Bertz CT molecular complexity index is 487. The number of benzene rings is 1. The number of nitrogens with two attached hydrogens (primary N) is 1. The first kappa shape index (κ1) is 14.7. The third kappa shape index (κ3) is 2.89. The molecule has 0 aliphatic carbocycles. The van der Waals surface area contributed by atoms with Crippen molar-refractivity contribution in [2.45, 2.75) is 39.7 Å². The van der Waals surface area contributed by atoms with E-state index in [1.165, 1.54) is 6.42 Å². The van der Waals surface area contributed by atoms with Crippen molar-refractivity contribution in [3.63, 3.8) is 0 Å². The second-order valence-electron chi connectivity index (χ2n) is 5.69. The molecule has 1 aromatic carbocycles. The van der Waals surface area contributed by atoms with Gasteiger partial charge < -0.3 is 16.0 Å². The lowest BCUT2D eigenvalue weighted by molar-refractivity contribution is 0.0956. The van der Waals surface area contributed by atoms with Gasteiger partial charge in [0.2, 0.25) is 0 Å². The summed E-state index contributed by atoms with van der Waals surface area (Å²) in [6.07, 6.45) is 2.41. The minimum atomic E-state index is -0.0204. The van der Waals surface area contributed by atoms with Crippen molar-refractivity contribution < 1.29 is 4.79 Å². The molecule has 1 fully saturated rings. The predicted molar refractivity (Wildman–Crippen MR) is 84.1 cm³/mol. The summed E-state index contributed by atoms with van der Waals surface area (Å²) in [6, 6.07) is 5.99. The molecule has 1 aliphatic heterocycles. The monoisotopic (exact) mass is 275 g/mol. The summed E-state index contributed by atoms with van der Waals surface area (Å²) in [6.45, 7) is 8.06. The first-order valence-electron chi connectivity index (χ1n) is 7.49. The molecule has 0 spiro atoms. The van der Waals surface area contributed by atoms with Gasteiger partial charge in [0, 0.05) is 24.8 Å². The molecule has 0 radical (unpaired) electrons. The van der Waals surface area contributed by atoms with E-state index in [0.29, 0.717) is 24.2 Å². The summed E-state index contributed by atoms with van der Waals surface area (Å²) in [7, 11) is 0. The quantitative estimate of drug-likeness (QED) is 0.834. The second kappa shape index (κ2) is 6.16. The Labute approximate surface area is 121 Å². The minimum Gasteiger partial charge on any atom is -0.399 e. The number of amides is 1. The van der Waals surface area contributed by atoms with E-state index in [1.807, 2.05) is 19.1 Å². The molecule has 2 unspecified atom stereocenters. The molecular weight excluding hydrogens is 250 g/mol. The Morgan fingerprint density at radius 3 is 2.90 bits per heavy atom. The highest BCUT2D eigenvalue weighted by Crippen LogP contribution is 2.32. The van der Waals surface area contributed by atoms with Gasteiger partial charge in [-0.3, -0.25) is 4.79 Å². The fourth-order valence-corrected chi connectivity index (χ4v) is 2.91. The average molecular weight is 275 g/mol. The first-order chi connectivity index (χ1) is 9.54. The Balaban J connectivity index is 2.38. The van der Waals surface area contributed by atoms with E-state index in [9.17, 15) is 4.79 Å². The second-order valence-corrected chi connectivity index (χ2v) is 5.69. The number of hydrogen-bond donors (Lipinski definition) is 2. The topological polar surface area (TPSA) is 58.4 Å². The van der Waals surface area contributed by atoms with Crippen LogP contribution in [0.5, 0.6) is 0 Å². The van der Waals surface area contributed by atoms with Crippen molar-refractivity contribution in [1.82, 2.24) is 5.32 Å². The van der Waals surface area contributed by atoms with Gasteiger partial charge in [-0.25, -0.2) is 0 Å². The van der Waals surface area contributed by atoms with Crippen molar-refractivity contribution in [2.24, 2.45) is 5.92 Å². The van der Waals surface area contributed by atoms with Crippen LogP contribution in [0, 0.1) is 5.92 Å². The molecule has 110 valence electrons. The van der Waals surface area contributed by atoms with Gasteiger partial charge in [-0.15, -0.1) is 0 Å². The molecule has 20 heavy (non-hydrogen) atoms. The van der Waals surface area contributed by atoms with Crippen LogP contribution in [0.2, 0.25) is 0 Å². The van der Waals surface area contributed by atoms with Gasteiger partial charge in [-0.2, -0.15) is 0 Å². The van der Waals surface area contributed by atoms with Gasteiger partial charge in [0.05, 0.1) is 11.3 Å². The Kier molecular flexibility index (Phi) is 4.53. The maximum absolute atomic E-state index is 12.2. The minimum absolute atomic E-state index is 0.0204. The zero-order valence-corrected chi connectivity index (χ0v) is 12.6. The molecule has 1 saturated heterocycles. The van der Waals surface area contributed by atoms with E-state index in [2.05, 4.69) is 24.1 Å². The number of nitrogen functional groups attached to an aromatic ring is 1. The van der Waals surface area contributed by atoms with Crippen LogP contribution in [0.4, 0.5) is 11.4 Å². The molecule has 1 heterocycles. The van der Waals surface area contributed by atoms with Crippen LogP contribution in [-0.2, 0) is 0 Å². The molecule has 2 atom stereocenters. The summed E-state index contributed by atoms with van der Waals surface area (Å²) in [5.41, 5.74) is 8.33. The molecule has 2 rings (SSSR count). The number of carbonyl (C=O) groups excluding carboxylic acids is 1. The number of nitrogens with zero attached hydrogens (tertiary/aromatic N) is 1. The summed E-state index contributed by atoms with van der Waals surface area (Å²) in [4.78, 5) is 14.6. The number of hydrogen-bond acceptors (Lipinski definition) is 3. The molecule has 0 bridgehead atoms. The van der Waals surface area contributed by atoms with Gasteiger partial charge in [-0.1, -0.05) is 6.92 Å². The largest absolute Gasteiger partial charge is 0.399 e. The normalized spacial score (nSPS) is 22.6. The Morgan fingerprint density at radius 2 is 2.20 bits per heavy atom. The van der Waals surface area contributed by atoms with E-state index < -0.39 is 0 Å². The molecule has 1 aliphatic rings. The molecule has 1 amide bonds. The highest BCUT2D eigenvalue weighted by atomic mass is 16.1. The summed E-state index contributed by atoms with van der Waals surface area (Å²) >= 11 is 0. The summed E-state index contributed by atoms with van der Waals surface area (Å²) < 4.78 is 0. The Hall–Kier alpha value is -1.71. The maximum atomic E-state index is 12.2. The van der Waals surface area contributed by atoms with E-state index in [0.717, 1.165) is 24.2 Å². The lowest BCUT2D eigenvalue weighted by Crippen LogP contribution is -2.43. The molecule has 3 N–H and O–H groups in total. The fourth-order valence-electron chi connectivity index (χ4n) is 2.91. The SMILES string of the molecule is CCNC(=O)c1ccc(N)cc1N1CCCC(C)C1C. The zero-order chi connectivity index (χ0) is 14.7. The van der Waals surface area contributed by atoms with Gasteiger partial charge in [0.1, 0.15) is 0 Å². The third-order valence-corrected chi connectivity index (χ3v) is 4.29. The van der Waals surface area contributed by atoms with Crippen LogP contribution in [0.3, 0.4) is 0 Å². The van der Waals surface area contributed by atoms with Crippen molar-refractivity contribution >= 4 is 17.3 Å². The summed E-state index contributed by atoms with van der Waals surface area (Å²) in [5, 5.41) is 2.88. The van der Waals surface area contributed by atoms with Crippen molar-refractivity contribution in [1.29, 1.82) is 0 Å². The van der Waals surface area contributed by atoms with E-state index in [4.69, 9.17) is 5.73 Å². The number of rotatable bonds is 3. The number of nitrogens with one attached hydrogen (secondary N) is 1. The lowest BCUT2D eigenvalue weighted by atomic mass is 9.91. The highest BCUT2D eigenvalue weighted by Gasteiger charge is 2.27. The van der Waals surface area contributed by atoms with E-state index in [1.54, 1.807) is 6.07 Å². The number of carbonyl (C=O) groups is 1. The third-order valence-electron chi connectivity index (χ3n) is 4.29. The summed E-state index contributed by atoms with van der Waals surface area (Å²) in [5.74, 6) is 0.611. The smallest absolute Gasteiger partial charge is 0.253 e. The van der Waals surface area contributed by atoms with Crippen LogP contribution < -0.4 is 16.0 Å². The van der Waals surface area contributed by atoms with Gasteiger partial charge in [0.15, 0.2) is 0 Å². The van der Waals surface area contributed by atoms with Crippen LogP contribution in [0.25, 0.3) is 0 Å². The van der Waals surface area contributed by atoms with E-state index in [-0.39, 0.29) is 5.91 Å². The van der Waals surface area contributed by atoms with Crippen molar-refractivity contribution in [2.75, 3.05) is 23.7 Å². The van der Waals surface area contributed by atoms with Gasteiger partial charge in [-0.05, 0) is 50.8 Å². The van der Waals surface area contributed by atoms with Gasteiger partial charge >= 0.3 is 0 Å². The average Bonchev–Trinajstić information content (AvgIpc) is 2.42. The van der Waals surface area contributed by atoms with Crippen LogP contribution in [0.1, 0.15) is 44.0 Å². The molecular formula is C16H25N3O. The molecule has 0 aromatic heterocycles. The van der Waals surface area contributed by atoms with Gasteiger partial charge in [0.25, 0.3) is 5.91 Å². The van der Waals surface area contributed by atoms with Crippen molar-refractivity contribution in [3.05, 3.63) is 23.8 Å². The lowest BCUT2D eigenvalue weighted by Gasteiger charge is -2.40. The van der Waals surface area contributed by atoms with Crippen LogP contribution in [-0.4, -0.2) is 25.0 Å². The predicted octanol–water partition coefficient (Wildman–Crippen LogP) is 2.64. The zero-order valence-electron chi connectivity index (χ0n) is 12.6. The highest BCUT2D eigenvalue weighted by molar-refractivity contribution is 6.00. The number of anilines is 2. The first-order valence-corrected chi connectivity index (χ1v) is 7.49. The van der Waals surface area contributed by atoms with E-state index >= 15 is 0 Å². The molecule has 0 saturated carbocycles. The molecule has 4 heteroatoms. The Morgan fingerprint density at radius 1 is 1.45 bits per heavy atom. The molecule has 4 nitrogen and oxygen atoms in total. The standard InChI is InChI=1S/C16H25N3O/c1-4-18-16(20)14-8-7-13(17)10-15(14)19-9-5-6-11(2)12(19)3/h7-8,10-12H,4-6,9,17H2,1-3H3,(H,18,20). The van der Waals surface area contributed by atoms with Crippen LogP contribution >= 0.6 is 0 Å². The number of piperidine rings is 1. The fraction of sp³-hybridized carbons (Fsp3) is 0.562. The maximum Gasteiger partial charge on any atom is 0.253 e. The molecule has 1 aromatic rings.